The van der Waals surface area contributed by atoms with E-state index in [-0.39, 0.29) is 10.8 Å². The molecule has 2 rings (SSSR count). The number of nitrogens with zero attached hydrogens (tertiary/aromatic N) is 2. The molecule has 2 atom stereocenters. The lowest BCUT2D eigenvalue weighted by Gasteiger charge is -2.32. The summed E-state index contributed by atoms with van der Waals surface area (Å²) >= 11 is 0. The molecule has 1 aromatic carbocycles. The Labute approximate surface area is 143 Å². The number of rotatable bonds is 5. The molecule has 4 nitrogen and oxygen atoms in total. The molecule has 1 unspecified atom stereocenters. The molecule has 0 saturated carbocycles. The molecule has 1 aliphatic rings. The molecular weight excluding hydrogens is 306 g/mol. The van der Waals surface area contributed by atoms with Crippen LogP contribution in [0.1, 0.15) is 44.9 Å². The Morgan fingerprint density at radius 2 is 1.70 bits per heavy atom. The molecule has 1 fully saturated rings. The first kappa shape index (κ1) is 18.6. The Kier molecular flexibility index (Phi) is 6.37. The van der Waals surface area contributed by atoms with Crippen LogP contribution in [-0.4, -0.2) is 52.0 Å². The van der Waals surface area contributed by atoms with E-state index in [1.165, 1.54) is 11.1 Å². The summed E-state index contributed by atoms with van der Waals surface area (Å²) in [7, 11) is 1.14. The van der Waals surface area contributed by atoms with Gasteiger partial charge in [-0.3, -0.25) is 4.90 Å². The zero-order chi connectivity index (χ0) is 17.0. The van der Waals surface area contributed by atoms with Gasteiger partial charge in [0.15, 0.2) is 0 Å². The minimum Gasteiger partial charge on any atom is -0.304 e. The zero-order valence-electron chi connectivity index (χ0n) is 15.1. The van der Waals surface area contributed by atoms with Gasteiger partial charge in [-0.15, -0.1) is 0 Å². The third kappa shape index (κ3) is 5.68. The van der Waals surface area contributed by atoms with Crippen LogP contribution in [-0.2, 0) is 17.5 Å². The maximum atomic E-state index is 12.2. The quantitative estimate of drug-likeness (QED) is 0.897. The Morgan fingerprint density at radius 3 is 2.22 bits per heavy atom. The van der Waals surface area contributed by atoms with E-state index in [1.807, 2.05) is 20.8 Å². The van der Waals surface area contributed by atoms with Crippen LogP contribution >= 0.6 is 0 Å². The van der Waals surface area contributed by atoms with Crippen LogP contribution in [0.4, 0.5) is 0 Å². The normalized spacial score (nSPS) is 20.4. The number of nitrogens with one attached hydrogen (secondary N) is 1. The van der Waals surface area contributed by atoms with E-state index in [0.29, 0.717) is 0 Å². The Bertz CT molecular complexity index is 516. The van der Waals surface area contributed by atoms with Gasteiger partial charge in [-0.1, -0.05) is 24.3 Å². The maximum absolute atomic E-state index is 12.2. The number of benzene rings is 1. The molecule has 0 amide bonds. The second-order valence-corrected chi connectivity index (χ2v) is 9.54. The SMILES string of the molecule is C[C@H](NS(=O)C(C)(C)C)c1ccc(CN2CCN(C)CC2)cc1. The van der Waals surface area contributed by atoms with Crippen LogP contribution in [0.5, 0.6) is 0 Å². The smallest absolute Gasteiger partial charge is 0.0975 e. The van der Waals surface area contributed by atoms with E-state index in [9.17, 15) is 4.21 Å². The molecule has 1 aromatic rings. The van der Waals surface area contributed by atoms with Gasteiger partial charge in [0.25, 0.3) is 0 Å². The average molecular weight is 338 g/mol. The lowest BCUT2D eigenvalue weighted by Crippen LogP contribution is -2.43. The van der Waals surface area contributed by atoms with Crippen molar-refractivity contribution in [1.29, 1.82) is 0 Å². The van der Waals surface area contributed by atoms with Gasteiger partial charge in [0, 0.05) is 38.8 Å². The van der Waals surface area contributed by atoms with Crippen molar-refractivity contribution in [2.45, 2.75) is 45.0 Å². The van der Waals surface area contributed by atoms with E-state index in [0.717, 1.165) is 32.7 Å². The van der Waals surface area contributed by atoms with Crippen LogP contribution in [0.2, 0.25) is 0 Å². The van der Waals surface area contributed by atoms with E-state index in [2.05, 4.69) is 52.8 Å². The van der Waals surface area contributed by atoms with Crippen LogP contribution in [0, 0.1) is 0 Å². The van der Waals surface area contributed by atoms with Crippen LogP contribution in [0.3, 0.4) is 0 Å². The van der Waals surface area contributed by atoms with E-state index in [1.54, 1.807) is 0 Å². The van der Waals surface area contributed by atoms with Crippen molar-refractivity contribution >= 4 is 11.0 Å². The predicted octanol–water partition coefficient (Wildman–Crippen LogP) is 2.55. The fourth-order valence-corrected chi connectivity index (χ4v) is 3.39. The van der Waals surface area contributed by atoms with Crippen molar-refractivity contribution in [3.63, 3.8) is 0 Å². The van der Waals surface area contributed by atoms with Crippen molar-refractivity contribution in [1.82, 2.24) is 14.5 Å². The molecular formula is C18H31N3OS. The lowest BCUT2D eigenvalue weighted by atomic mass is 10.1. The third-order valence-corrected chi connectivity index (χ3v) is 6.00. The van der Waals surface area contributed by atoms with Gasteiger partial charge >= 0.3 is 0 Å². The third-order valence-electron chi connectivity index (χ3n) is 4.32. The molecule has 5 heteroatoms. The summed E-state index contributed by atoms with van der Waals surface area (Å²) in [6, 6.07) is 8.80. The first-order valence-electron chi connectivity index (χ1n) is 8.43. The van der Waals surface area contributed by atoms with Gasteiger partial charge in [0.1, 0.15) is 0 Å². The highest BCUT2D eigenvalue weighted by Crippen LogP contribution is 2.18. The van der Waals surface area contributed by atoms with E-state index in [4.69, 9.17) is 0 Å². The molecule has 1 N–H and O–H groups in total. The van der Waals surface area contributed by atoms with Crippen LogP contribution in [0.25, 0.3) is 0 Å². The summed E-state index contributed by atoms with van der Waals surface area (Å²) in [4.78, 5) is 4.88. The minimum atomic E-state index is -1.05. The van der Waals surface area contributed by atoms with Crippen molar-refractivity contribution in [3.05, 3.63) is 35.4 Å². The number of hydrogen-bond donors (Lipinski definition) is 1. The van der Waals surface area contributed by atoms with E-state index >= 15 is 0 Å². The largest absolute Gasteiger partial charge is 0.304 e. The maximum Gasteiger partial charge on any atom is 0.0975 e. The van der Waals surface area contributed by atoms with Crippen LogP contribution in [0.15, 0.2) is 24.3 Å². The van der Waals surface area contributed by atoms with Crippen molar-refractivity contribution in [3.8, 4) is 0 Å². The summed E-state index contributed by atoms with van der Waals surface area (Å²) in [5, 5.41) is 0. The van der Waals surface area contributed by atoms with Gasteiger partial charge in [-0.25, -0.2) is 8.93 Å². The second kappa shape index (κ2) is 7.88. The first-order valence-corrected chi connectivity index (χ1v) is 9.58. The fraction of sp³-hybridized carbons (Fsp3) is 0.667. The highest BCUT2D eigenvalue weighted by molar-refractivity contribution is 7.84. The van der Waals surface area contributed by atoms with Gasteiger partial charge in [-0.2, -0.15) is 0 Å². The summed E-state index contributed by atoms with van der Waals surface area (Å²) in [6.07, 6.45) is 0. The molecule has 0 aliphatic carbocycles. The average Bonchev–Trinajstić information content (AvgIpc) is 2.49. The lowest BCUT2D eigenvalue weighted by molar-refractivity contribution is 0.148. The molecule has 1 heterocycles. The highest BCUT2D eigenvalue weighted by Gasteiger charge is 2.21. The number of hydrogen-bond acceptors (Lipinski definition) is 3. The topological polar surface area (TPSA) is 35.6 Å². The van der Waals surface area contributed by atoms with Gasteiger partial charge in [0.2, 0.25) is 0 Å². The van der Waals surface area contributed by atoms with Gasteiger partial charge < -0.3 is 4.90 Å². The molecule has 1 saturated heterocycles. The summed E-state index contributed by atoms with van der Waals surface area (Å²) in [5.74, 6) is 0. The molecule has 130 valence electrons. The molecule has 23 heavy (non-hydrogen) atoms. The Morgan fingerprint density at radius 1 is 1.13 bits per heavy atom. The Balaban J connectivity index is 1.90. The molecule has 0 spiro atoms. The van der Waals surface area contributed by atoms with Crippen molar-refractivity contribution in [2.75, 3.05) is 33.2 Å². The second-order valence-electron chi connectivity index (χ2n) is 7.54. The van der Waals surface area contributed by atoms with Crippen molar-refractivity contribution in [2.24, 2.45) is 0 Å². The standard InChI is InChI=1S/C18H31N3OS/c1-15(19-23(22)18(2,3)4)17-8-6-16(7-9-17)14-21-12-10-20(5)11-13-21/h6-9,15,19H,10-14H2,1-5H3/t15-,23?/m0/s1. The monoisotopic (exact) mass is 337 g/mol. The minimum absolute atomic E-state index is 0.0905. The summed E-state index contributed by atoms with van der Waals surface area (Å²) in [6.45, 7) is 13.6. The van der Waals surface area contributed by atoms with Gasteiger partial charge in [0.05, 0.1) is 15.7 Å². The highest BCUT2D eigenvalue weighted by atomic mass is 32.2. The Hall–Kier alpha value is -0.750. The van der Waals surface area contributed by atoms with Crippen LogP contribution < -0.4 is 4.72 Å². The first-order chi connectivity index (χ1) is 10.8. The fourth-order valence-electron chi connectivity index (χ4n) is 2.58. The number of piperazine rings is 1. The van der Waals surface area contributed by atoms with Gasteiger partial charge in [-0.05, 0) is 45.9 Å². The molecule has 0 bridgehead atoms. The van der Waals surface area contributed by atoms with E-state index < -0.39 is 11.0 Å². The predicted molar refractivity (Wildman–Crippen MR) is 98.7 cm³/mol. The number of likely N-dealkylation sites (N-methyl/N-ethyl adjacent to an activating group) is 1. The zero-order valence-corrected chi connectivity index (χ0v) is 15.9. The summed E-state index contributed by atoms with van der Waals surface area (Å²) < 4.78 is 15.2. The molecule has 0 radical (unpaired) electrons. The molecule has 1 aliphatic heterocycles. The molecule has 0 aromatic heterocycles. The van der Waals surface area contributed by atoms with Crippen molar-refractivity contribution < 1.29 is 4.21 Å². The summed E-state index contributed by atoms with van der Waals surface area (Å²) in [5.41, 5.74) is 2.53.